The number of anilines is 1. The highest BCUT2D eigenvalue weighted by atomic mass is 16.6. The summed E-state index contributed by atoms with van der Waals surface area (Å²) in [6.45, 7) is 6.19. The molecule has 0 fully saturated rings. The maximum atomic E-state index is 11.0. The number of nitrogens with zero attached hydrogens (tertiary/aromatic N) is 3. The summed E-state index contributed by atoms with van der Waals surface area (Å²) in [7, 11) is 0. The Labute approximate surface area is 128 Å². The minimum Gasteiger partial charge on any atom is -0.272 e. The molecule has 0 bridgehead atoms. The van der Waals surface area contributed by atoms with Crippen LogP contribution in [0, 0.1) is 25.6 Å². The Kier molecular flexibility index (Phi) is 5.97. The van der Waals surface area contributed by atoms with Crippen molar-refractivity contribution in [2.24, 2.45) is 10.5 Å². The molecule has 0 radical (unpaired) electrons. The number of nitro groups is 2. The number of nitro benzene ring substituents is 2. The largest absolute Gasteiger partial charge is 0.301 e. The summed E-state index contributed by atoms with van der Waals surface area (Å²) in [5, 5.41) is 25.8. The van der Waals surface area contributed by atoms with Crippen LogP contribution in [0.15, 0.2) is 23.3 Å². The molecule has 0 saturated carbocycles. The second-order valence-electron chi connectivity index (χ2n) is 5.01. The first-order valence-corrected chi connectivity index (χ1v) is 7.12. The lowest BCUT2D eigenvalue weighted by molar-refractivity contribution is -0.393. The van der Waals surface area contributed by atoms with Gasteiger partial charge in [0.25, 0.3) is 5.69 Å². The molecule has 0 aliphatic carbocycles. The van der Waals surface area contributed by atoms with Gasteiger partial charge in [0.2, 0.25) is 0 Å². The number of benzene rings is 1. The summed E-state index contributed by atoms with van der Waals surface area (Å²) >= 11 is 0. The fourth-order valence-electron chi connectivity index (χ4n) is 2.14. The van der Waals surface area contributed by atoms with Crippen LogP contribution in [0.2, 0.25) is 0 Å². The van der Waals surface area contributed by atoms with Gasteiger partial charge in [0.1, 0.15) is 5.69 Å². The van der Waals surface area contributed by atoms with Gasteiger partial charge in [-0.25, -0.2) is 0 Å². The monoisotopic (exact) mass is 308 g/mol. The Morgan fingerprint density at radius 2 is 1.73 bits per heavy atom. The van der Waals surface area contributed by atoms with Crippen molar-refractivity contribution in [2.45, 2.75) is 40.0 Å². The highest BCUT2D eigenvalue weighted by Gasteiger charge is 2.22. The Hall–Kier alpha value is -2.51. The molecule has 0 saturated heterocycles. The summed E-state index contributed by atoms with van der Waals surface area (Å²) in [5.74, 6) is 0. The van der Waals surface area contributed by atoms with Gasteiger partial charge in [-0.2, -0.15) is 5.10 Å². The molecule has 22 heavy (non-hydrogen) atoms. The standard InChI is InChI=1S/C14H20N4O4/c1-4-14(5-2,6-3)10-15-16-12-8-7-11(17(19)20)9-13(12)18(21)22/h7-10,16H,4-6H2,1-3H3/b15-10+. The third-order valence-corrected chi connectivity index (χ3v) is 4.02. The van der Waals surface area contributed by atoms with Gasteiger partial charge < -0.3 is 0 Å². The average Bonchev–Trinajstić information content (AvgIpc) is 2.52. The molecule has 0 atom stereocenters. The number of hydrogen-bond donors (Lipinski definition) is 1. The second kappa shape index (κ2) is 7.48. The van der Waals surface area contributed by atoms with E-state index in [0.29, 0.717) is 0 Å². The van der Waals surface area contributed by atoms with Gasteiger partial charge in [0.05, 0.1) is 15.9 Å². The quantitative estimate of drug-likeness (QED) is 0.441. The van der Waals surface area contributed by atoms with Gasteiger partial charge in [0.15, 0.2) is 0 Å². The summed E-state index contributed by atoms with van der Waals surface area (Å²) in [4.78, 5) is 20.4. The number of hydrogen-bond acceptors (Lipinski definition) is 6. The van der Waals surface area contributed by atoms with Gasteiger partial charge in [0, 0.05) is 17.7 Å². The summed E-state index contributed by atoms with van der Waals surface area (Å²) < 4.78 is 0. The molecule has 8 heteroatoms. The molecule has 0 aromatic heterocycles. The summed E-state index contributed by atoms with van der Waals surface area (Å²) in [6.07, 6.45) is 4.49. The zero-order chi connectivity index (χ0) is 16.8. The van der Waals surface area contributed by atoms with Crippen molar-refractivity contribution in [1.82, 2.24) is 0 Å². The zero-order valence-corrected chi connectivity index (χ0v) is 12.9. The second-order valence-corrected chi connectivity index (χ2v) is 5.01. The van der Waals surface area contributed by atoms with Gasteiger partial charge in [-0.15, -0.1) is 0 Å². The Morgan fingerprint density at radius 1 is 1.14 bits per heavy atom. The summed E-state index contributed by atoms with van der Waals surface area (Å²) in [6, 6.07) is 3.42. The van der Waals surface area contributed by atoms with Crippen LogP contribution in [-0.2, 0) is 0 Å². The molecule has 1 rings (SSSR count). The van der Waals surface area contributed by atoms with E-state index in [1.54, 1.807) is 6.21 Å². The van der Waals surface area contributed by atoms with Gasteiger partial charge in [-0.05, 0) is 25.3 Å². The van der Waals surface area contributed by atoms with E-state index in [-0.39, 0.29) is 22.5 Å². The fourth-order valence-corrected chi connectivity index (χ4v) is 2.14. The lowest BCUT2D eigenvalue weighted by Crippen LogP contribution is -2.20. The zero-order valence-electron chi connectivity index (χ0n) is 12.9. The van der Waals surface area contributed by atoms with E-state index >= 15 is 0 Å². The van der Waals surface area contributed by atoms with Crippen LogP contribution in [0.3, 0.4) is 0 Å². The van der Waals surface area contributed by atoms with Crippen LogP contribution in [0.1, 0.15) is 40.0 Å². The Morgan fingerprint density at radius 3 is 2.18 bits per heavy atom. The van der Waals surface area contributed by atoms with Crippen LogP contribution >= 0.6 is 0 Å². The number of hydrazone groups is 1. The van der Waals surface area contributed by atoms with E-state index in [1.165, 1.54) is 12.1 Å². The van der Waals surface area contributed by atoms with E-state index in [2.05, 4.69) is 31.3 Å². The molecule has 0 spiro atoms. The molecular formula is C14H20N4O4. The van der Waals surface area contributed by atoms with Crippen LogP contribution in [0.25, 0.3) is 0 Å². The number of rotatable bonds is 8. The Balaban J connectivity index is 3.03. The normalized spacial score (nSPS) is 11.6. The smallest absolute Gasteiger partial charge is 0.272 e. The van der Waals surface area contributed by atoms with Crippen molar-refractivity contribution in [3.05, 3.63) is 38.4 Å². The fraction of sp³-hybridized carbons (Fsp3) is 0.500. The van der Waals surface area contributed by atoms with Crippen LogP contribution in [-0.4, -0.2) is 16.1 Å². The van der Waals surface area contributed by atoms with E-state index in [4.69, 9.17) is 0 Å². The molecule has 1 aromatic rings. The minimum atomic E-state index is -0.670. The predicted molar refractivity (Wildman–Crippen MR) is 85.2 cm³/mol. The molecule has 0 heterocycles. The van der Waals surface area contributed by atoms with Crippen molar-refractivity contribution in [3.8, 4) is 0 Å². The SMILES string of the molecule is CCC(/C=N/Nc1ccc([N+](=O)[O-])cc1[N+](=O)[O-])(CC)CC. The maximum Gasteiger partial charge on any atom is 0.301 e. The Bertz CT molecular complexity index is 574. The highest BCUT2D eigenvalue weighted by molar-refractivity contribution is 5.70. The summed E-state index contributed by atoms with van der Waals surface area (Å²) in [5.41, 5.74) is 2.00. The lowest BCUT2D eigenvalue weighted by atomic mass is 9.81. The van der Waals surface area contributed by atoms with Crippen molar-refractivity contribution in [3.63, 3.8) is 0 Å². The maximum absolute atomic E-state index is 11.0. The third kappa shape index (κ3) is 4.00. The number of non-ortho nitro benzene ring substituents is 1. The van der Waals surface area contributed by atoms with E-state index in [0.717, 1.165) is 25.3 Å². The first-order valence-electron chi connectivity index (χ1n) is 7.12. The molecule has 8 nitrogen and oxygen atoms in total. The third-order valence-electron chi connectivity index (χ3n) is 4.02. The molecule has 0 aliphatic heterocycles. The average molecular weight is 308 g/mol. The predicted octanol–water partition coefficient (Wildman–Crippen LogP) is 4.12. The van der Waals surface area contributed by atoms with Gasteiger partial charge in [-0.3, -0.25) is 25.7 Å². The lowest BCUT2D eigenvalue weighted by Gasteiger charge is -2.24. The topological polar surface area (TPSA) is 111 Å². The molecule has 1 aromatic carbocycles. The molecule has 1 N–H and O–H groups in total. The van der Waals surface area contributed by atoms with E-state index in [1.807, 2.05) is 0 Å². The van der Waals surface area contributed by atoms with Crippen LogP contribution in [0.5, 0.6) is 0 Å². The molecule has 0 unspecified atom stereocenters. The van der Waals surface area contributed by atoms with Crippen molar-refractivity contribution in [2.75, 3.05) is 5.43 Å². The van der Waals surface area contributed by atoms with Crippen molar-refractivity contribution < 1.29 is 9.85 Å². The van der Waals surface area contributed by atoms with Crippen LogP contribution < -0.4 is 5.43 Å². The number of nitrogens with one attached hydrogen (secondary N) is 1. The van der Waals surface area contributed by atoms with Gasteiger partial charge >= 0.3 is 5.69 Å². The van der Waals surface area contributed by atoms with Crippen molar-refractivity contribution >= 4 is 23.3 Å². The molecule has 0 amide bonds. The first kappa shape index (κ1) is 17.5. The van der Waals surface area contributed by atoms with Gasteiger partial charge in [-0.1, -0.05) is 20.8 Å². The van der Waals surface area contributed by atoms with Crippen molar-refractivity contribution in [1.29, 1.82) is 0 Å². The van der Waals surface area contributed by atoms with E-state index in [9.17, 15) is 20.2 Å². The van der Waals surface area contributed by atoms with Crippen LogP contribution in [0.4, 0.5) is 17.1 Å². The molecule has 0 aliphatic rings. The van der Waals surface area contributed by atoms with E-state index < -0.39 is 9.85 Å². The highest BCUT2D eigenvalue weighted by Crippen LogP contribution is 2.30. The first-order chi connectivity index (χ1) is 10.4. The molecular weight excluding hydrogens is 288 g/mol. The minimum absolute atomic E-state index is 0.0530. The molecule has 120 valence electrons.